The zero-order valence-corrected chi connectivity index (χ0v) is 18.8. The van der Waals surface area contributed by atoms with Crippen molar-refractivity contribution in [2.45, 2.75) is 64.7 Å². The number of rotatable bonds is 4. The summed E-state index contributed by atoms with van der Waals surface area (Å²) in [7, 11) is 0. The molecule has 1 unspecified atom stereocenters. The molecule has 4 rings (SSSR count). The van der Waals surface area contributed by atoms with E-state index in [-0.39, 0.29) is 16.9 Å². The summed E-state index contributed by atoms with van der Waals surface area (Å²) >= 11 is 0. The van der Waals surface area contributed by atoms with Crippen LogP contribution in [0.4, 0.5) is 13.2 Å². The zero-order chi connectivity index (χ0) is 22.5. The van der Waals surface area contributed by atoms with E-state index in [4.69, 9.17) is 0 Å². The molecule has 0 radical (unpaired) electrons. The maximum absolute atomic E-state index is 14.8. The average Bonchev–Trinajstić information content (AvgIpc) is 2.80. The van der Waals surface area contributed by atoms with Gasteiger partial charge in [0.05, 0.1) is 11.1 Å². The zero-order valence-electron chi connectivity index (χ0n) is 18.8. The van der Waals surface area contributed by atoms with Gasteiger partial charge in [-0.3, -0.25) is 0 Å². The van der Waals surface area contributed by atoms with Crippen LogP contribution in [0.2, 0.25) is 0 Å². The third-order valence-corrected chi connectivity index (χ3v) is 7.37. The number of halogens is 3. The van der Waals surface area contributed by atoms with Gasteiger partial charge in [0.25, 0.3) is 0 Å². The Labute approximate surface area is 189 Å². The molecule has 1 fully saturated rings. The summed E-state index contributed by atoms with van der Waals surface area (Å²) < 4.78 is 41.9. The maximum Gasteiger partial charge on any atom is 0.174 e. The minimum absolute atomic E-state index is 0.0523. The van der Waals surface area contributed by atoms with Gasteiger partial charge in [-0.1, -0.05) is 42.9 Å². The molecule has 32 heavy (non-hydrogen) atoms. The van der Waals surface area contributed by atoms with Gasteiger partial charge < -0.3 is 0 Å². The first-order chi connectivity index (χ1) is 15.5. The van der Waals surface area contributed by atoms with Crippen molar-refractivity contribution >= 4 is 0 Å². The third kappa shape index (κ3) is 5.29. The molecular formula is C29H31F3. The molecule has 0 bridgehead atoms. The van der Waals surface area contributed by atoms with E-state index < -0.39 is 11.6 Å². The van der Waals surface area contributed by atoms with Gasteiger partial charge >= 0.3 is 0 Å². The average molecular weight is 437 g/mol. The number of fused-ring (bicyclic) bond motifs is 1. The molecular weight excluding hydrogens is 405 g/mol. The number of allylic oxidation sites excluding steroid dienone is 2. The number of aryl methyl sites for hydroxylation is 1. The number of benzene rings is 2. The molecule has 0 nitrogen and oxygen atoms in total. The number of hydrogen-bond donors (Lipinski definition) is 0. The van der Waals surface area contributed by atoms with Crippen molar-refractivity contribution in [3.8, 4) is 11.8 Å². The molecule has 2 aliphatic carbocycles. The van der Waals surface area contributed by atoms with Crippen LogP contribution in [0.15, 0.2) is 42.5 Å². The quantitative estimate of drug-likeness (QED) is 0.339. The lowest BCUT2D eigenvalue weighted by Gasteiger charge is -2.36. The summed E-state index contributed by atoms with van der Waals surface area (Å²) in [6.45, 7) is 2.08. The summed E-state index contributed by atoms with van der Waals surface area (Å²) in [5.74, 6) is 5.24. The molecule has 1 saturated carbocycles. The highest BCUT2D eigenvalue weighted by atomic mass is 19.2. The van der Waals surface area contributed by atoms with Gasteiger partial charge in [-0.15, -0.1) is 0 Å². The second-order valence-electron chi connectivity index (χ2n) is 9.38. The molecule has 0 heterocycles. The Morgan fingerprint density at radius 3 is 2.44 bits per heavy atom. The highest BCUT2D eigenvalue weighted by Crippen LogP contribution is 2.41. The Balaban J connectivity index is 1.41. The summed E-state index contributed by atoms with van der Waals surface area (Å²) in [5, 5.41) is 0. The van der Waals surface area contributed by atoms with Crippen molar-refractivity contribution in [2.75, 3.05) is 0 Å². The third-order valence-electron chi connectivity index (χ3n) is 7.37. The minimum Gasteiger partial charge on any atom is -0.206 e. The van der Waals surface area contributed by atoms with Gasteiger partial charge in [0.15, 0.2) is 11.6 Å². The molecule has 0 N–H and O–H groups in total. The second kappa shape index (κ2) is 10.4. The lowest BCUT2D eigenvalue weighted by molar-refractivity contribution is 0.185. The summed E-state index contributed by atoms with van der Waals surface area (Å²) in [6.07, 6.45) is 15.2. The van der Waals surface area contributed by atoms with Crippen LogP contribution in [0.1, 0.15) is 74.1 Å². The van der Waals surface area contributed by atoms with E-state index in [2.05, 4.69) is 30.9 Å². The van der Waals surface area contributed by atoms with Crippen molar-refractivity contribution in [3.05, 3.63) is 82.2 Å². The van der Waals surface area contributed by atoms with E-state index in [9.17, 15) is 13.2 Å². The highest BCUT2D eigenvalue weighted by Gasteiger charge is 2.30. The van der Waals surface area contributed by atoms with E-state index >= 15 is 0 Å². The van der Waals surface area contributed by atoms with Gasteiger partial charge in [0, 0.05) is 0 Å². The van der Waals surface area contributed by atoms with E-state index in [0.717, 1.165) is 48.3 Å². The van der Waals surface area contributed by atoms with E-state index in [1.165, 1.54) is 50.7 Å². The normalized spacial score (nSPS) is 22.9. The van der Waals surface area contributed by atoms with Gasteiger partial charge in [-0.05, 0) is 105 Å². The van der Waals surface area contributed by atoms with Gasteiger partial charge in [-0.2, -0.15) is 0 Å². The van der Waals surface area contributed by atoms with Crippen molar-refractivity contribution in [3.63, 3.8) is 0 Å². The first kappa shape index (κ1) is 22.7. The first-order valence-electron chi connectivity index (χ1n) is 11.9. The lowest BCUT2D eigenvalue weighted by atomic mass is 9.69. The largest absolute Gasteiger partial charge is 0.206 e. The molecule has 0 amide bonds. The minimum atomic E-state index is -0.988. The SMILES string of the molecule is C/C=C/CCC1CCC(C2CCc3cc(C#Cc4cccc(F)c4F)c(F)cc3C2)CC1. The Morgan fingerprint density at radius 2 is 1.66 bits per heavy atom. The molecule has 168 valence electrons. The smallest absolute Gasteiger partial charge is 0.174 e. The topological polar surface area (TPSA) is 0 Å². The molecule has 1 atom stereocenters. The van der Waals surface area contributed by atoms with Crippen LogP contribution < -0.4 is 0 Å². The highest BCUT2D eigenvalue weighted by molar-refractivity contribution is 5.47. The van der Waals surface area contributed by atoms with Gasteiger partial charge in [0.1, 0.15) is 5.82 Å². The molecule has 2 aromatic carbocycles. The lowest BCUT2D eigenvalue weighted by Crippen LogP contribution is -2.26. The van der Waals surface area contributed by atoms with Gasteiger partial charge in [0.2, 0.25) is 0 Å². The Kier molecular flexibility index (Phi) is 7.40. The van der Waals surface area contributed by atoms with Gasteiger partial charge in [-0.25, -0.2) is 13.2 Å². The van der Waals surface area contributed by atoms with Crippen LogP contribution in [-0.2, 0) is 12.8 Å². The summed E-state index contributed by atoms with van der Waals surface area (Å²) in [5.41, 5.74) is 2.44. The van der Waals surface area contributed by atoms with Crippen molar-refractivity contribution < 1.29 is 13.2 Å². The molecule has 2 aromatic rings. The Hall–Kier alpha value is -2.47. The van der Waals surface area contributed by atoms with E-state index in [1.54, 1.807) is 6.07 Å². The molecule has 3 heteroatoms. The summed E-state index contributed by atoms with van der Waals surface area (Å²) in [4.78, 5) is 0. The number of hydrogen-bond acceptors (Lipinski definition) is 0. The second-order valence-corrected chi connectivity index (χ2v) is 9.38. The van der Waals surface area contributed by atoms with Crippen LogP contribution in [0.5, 0.6) is 0 Å². The molecule has 2 aliphatic rings. The predicted octanol–water partition coefficient (Wildman–Crippen LogP) is 7.77. The standard InChI is InChI=1S/C29H31F3/c1-2-3-4-6-20-9-11-21(12-10-20)23-14-15-24-17-25(28(31)19-26(24)18-23)16-13-22-7-5-8-27(30)29(22)32/h2-3,5,7-8,17,19-21,23H,4,6,9-12,14-15,18H2,1H3/b3-2+. The molecule has 0 aliphatic heterocycles. The fourth-order valence-corrected chi connectivity index (χ4v) is 5.49. The van der Waals surface area contributed by atoms with E-state index in [1.807, 2.05) is 6.07 Å². The van der Waals surface area contributed by atoms with Crippen LogP contribution >= 0.6 is 0 Å². The van der Waals surface area contributed by atoms with Crippen LogP contribution in [0.3, 0.4) is 0 Å². The van der Waals surface area contributed by atoms with Crippen molar-refractivity contribution in [2.24, 2.45) is 17.8 Å². The van der Waals surface area contributed by atoms with Crippen LogP contribution in [0, 0.1) is 47.0 Å². The van der Waals surface area contributed by atoms with E-state index in [0.29, 0.717) is 5.92 Å². The van der Waals surface area contributed by atoms with Crippen molar-refractivity contribution in [1.29, 1.82) is 0 Å². The molecule has 0 aromatic heterocycles. The monoisotopic (exact) mass is 436 g/mol. The Bertz CT molecular complexity index is 1030. The predicted molar refractivity (Wildman–Crippen MR) is 124 cm³/mol. The fourth-order valence-electron chi connectivity index (χ4n) is 5.49. The maximum atomic E-state index is 14.8. The summed E-state index contributed by atoms with van der Waals surface area (Å²) in [6, 6.07) is 7.29. The fraction of sp³-hybridized carbons (Fsp3) is 0.448. The van der Waals surface area contributed by atoms with Crippen LogP contribution in [0.25, 0.3) is 0 Å². The first-order valence-corrected chi connectivity index (χ1v) is 11.9. The van der Waals surface area contributed by atoms with Crippen LogP contribution in [-0.4, -0.2) is 0 Å². The molecule has 0 saturated heterocycles. The Morgan fingerprint density at radius 1 is 0.875 bits per heavy atom. The van der Waals surface area contributed by atoms with Crippen molar-refractivity contribution in [1.82, 2.24) is 0 Å². The molecule has 0 spiro atoms.